The zero-order valence-electron chi connectivity index (χ0n) is 14.9. The Morgan fingerprint density at radius 1 is 0.923 bits per heavy atom. The van der Waals surface area contributed by atoms with Crippen molar-refractivity contribution in [2.75, 3.05) is 6.54 Å². The van der Waals surface area contributed by atoms with Gasteiger partial charge < -0.3 is 10.1 Å². The maximum atomic E-state index is 12.4. The van der Waals surface area contributed by atoms with Crippen LogP contribution < -0.4 is 10.1 Å². The average Bonchev–Trinajstić information content (AvgIpc) is 2.72. The van der Waals surface area contributed by atoms with Crippen LogP contribution in [-0.4, -0.2) is 12.5 Å². The van der Waals surface area contributed by atoms with Crippen LogP contribution in [0.5, 0.6) is 5.75 Å². The van der Waals surface area contributed by atoms with Crippen LogP contribution in [0.15, 0.2) is 84.9 Å². The lowest BCUT2D eigenvalue weighted by atomic mass is 10.0. The third kappa shape index (κ3) is 4.96. The van der Waals surface area contributed by atoms with Crippen LogP contribution in [0, 0.1) is 0 Å². The van der Waals surface area contributed by atoms with Crippen molar-refractivity contribution in [2.24, 2.45) is 0 Å². The van der Waals surface area contributed by atoms with Gasteiger partial charge in [0, 0.05) is 12.1 Å². The average molecular weight is 345 g/mol. The van der Waals surface area contributed by atoms with Gasteiger partial charge in [-0.3, -0.25) is 4.79 Å². The molecule has 0 aliphatic carbocycles. The molecule has 132 valence electrons. The number of benzene rings is 3. The normalized spacial score (nSPS) is 11.6. The van der Waals surface area contributed by atoms with Gasteiger partial charge in [-0.15, -0.1) is 0 Å². The summed E-state index contributed by atoms with van der Waals surface area (Å²) in [6.45, 7) is 3.18. The van der Waals surface area contributed by atoms with Crippen LogP contribution >= 0.6 is 0 Å². The lowest BCUT2D eigenvalue weighted by molar-refractivity contribution is 0.0951. The second kappa shape index (κ2) is 8.86. The van der Waals surface area contributed by atoms with Crippen LogP contribution in [0.25, 0.3) is 0 Å². The summed E-state index contributed by atoms with van der Waals surface area (Å²) in [7, 11) is 0. The van der Waals surface area contributed by atoms with Gasteiger partial charge in [0.2, 0.25) is 0 Å². The predicted molar refractivity (Wildman–Crippen MR) is 104 cm³/mol. The van der Waals surface area contributed by atoms with E-state index in [1.165, 1.54) is 5.56 Å². The van der Waals surface area contributed by atoms with E-state index in [1.54, 1.807) is 12.1 Å². The summed E-state index contributed by atoms with van der Waals surface area (Å²) in [6.07, 6.45) is 0. The van der Waals surface area contributed by atoms with Crippen LogP contribution in [0.3, 0.4) is 0 Å². The van der Waals surface area contributed by atoms with E-state index in [-0.39, 0.29) is 11.8 Å². The van der Waals surface area contributed by atoms with E-state index in [0.29, 0.717) is 24.5 Å². The first-order chi connectivity index (χ1) is 12.7. The fraction of sp³-hybridized carbons (Fsp3) is 0.174. The Hall–Kier alpha value is -3.07. The van der Waals surface area contributed by atoms with E-state index in [9.17, 15) is 4.79 Å². The van der Waals surface area contributed by atoms with Crippen molar-refractivity contribution in [1.82, 2.24) is 5.32 Å². The summed E-state index contributed by atoms with van der Waals surface area (Å²) in [4.78, 5) is 12.4. The molecule has 3 nitrogen and oxygen atoms in total. The minimum Gasteiger partial charge on any atom is -0.489 e. The minimum atomic E-state index is -0.0852. The van der Waals surface area contributed by atoms with Gasteiger partial charge in [0.1, 0.15) is 12.4 Å². The van der Waals surface area contributed by atoms with Gasteiger partial charge in [-0.2, -0.15) is 0 Å². The molecule has 0 aromatic heterocycles. The molecule has 26 heavy (non-hydrogen) atoms. The SMILES string of the molecule is CC(CNC(=O)c1cccc(OCc2ccccc2)c1)c1ccccc1. The van der Waals surface area contributed by atoms with E-state index in [4.69, 9.17) is 4.74 Å². The maximum absolute atomic E-state index is 12.4. The Morgan fingerprint density at radius 2 is 1.62 bits per heavy atom. The molecule has 1 atom stereocenters. The molecule has 0 radical (unpaired) electrons. The third-order valence-electron chi connectivity index (χ3n) is 4.28. The lowest BCUT2D eigenvalue weighted by Gasteiger charge is -2.13. The van der Waals surface area contributed by atoms with Crippen molar-refractivity contribution in [2.45, 2.75) is 19.4 Å². The van der Waals surface area contributed by atoms with E-state index in [2.05, 4.69) is 24.4 Å². The van der Waals surface area contributed by atoms with Crippen LogP contribution in [0.4, 0.5) is 0 Å². The number of carbonyl (C=O) groups excluding carboxylic acids is 1. The van der Waals surface area contributed by atoms with Gasteiger partial charge >= 0.3 is 0 Å². The van der Waals surface area contributed by atoms with Crippen molar-refractivity contribution in [3.05, 3.63) is 102 Å². The molecule has 1 amide bonds. The smallest absolute Gasteiger partial charge is 0.251 e. The number of rotatable bonds is 7. The number of hydrogen-bond donors (Lipinski definition) is 1. The first-order valence-electron chi connectivity index (χ1n) is 8.82. The molecule has 0 fully saturated rings. The highest BCUT2D eigenvalue weighted by Gasteiger charge is 2.10. The highest BCUT2D eigenvalue weighted by molar-refractivity contribution is 5.94. The Balaban J connectivity index is 1.56. The van der Waals surface area contributed by atoms with Crippen LogP contribution in [0.2, 0.25) is 0 Å². The fourth-order valence-corrected chi connectivity index (χ4v) is 2.72. The molecule has 0 aliphatic rings. The molecule has 3 aromatic carbocycles. The highest BCUT2D eigenvalue weighted by atomic mass is 16.5. The van der Waals surface area contributed by atoms with Gasteiger partial charge in [-0.05, 0) is 35.2 Å². The van der Waals surface area contributed by atoms with Crippen molar-refractivity contribution in [1.29, 1.82) is 0 Å². The molecular weight excluding hydrogens is 322 g/mol. The lowest BCUT2D eigenvalue weighted by Crippen LogP contribution is -2.27. The van der Waals surface area contributed by atoms with E-state index in [1.807, 2.05) is 60.7 Å². The summed E-state index contributed by atoms with van der Waals surface area (Å²) < 4.78 is 5.80. The quantitative estimate of drug-likeness (QED) is 0.668. The molecule has 0 bridgehead atoms. The predicted octanol–water partition coefficient (Wildman–Crippen LogP) is 4.80. The first-order valence-corrected chi connectivity index (χ1v) is 8.82. The summed E-state index contributed by atoms with van der Waals surface area (Å²) in [5, 5.41) is 3.00. The summed E-state index contributed by atoms with van der Waals surface area (Å²) in [5.41, 5.74) is 2.92. The Bertz CT molecular complexity index is 831. The van der Waals surface area contributed by atoms with Crippen molar-refractivity contribution >= 4 is 5.91 Å². The molecule has 3 aromatic rings. The third-order valence-corrected chi connectivity index (χ3v) is 4.28. The monoisotopic (exact) mass is 345 g/mol. The van der Waals surface area contributed by atoms with Gasteiger partial charge in [0.05, 0.1) is 0 Å². The second-order valence-electron chi connectivity index (χ2n) is 6.32. The van der Waals surface area contributed by atoms with Crippen molar-refractivity contribution in [3.63, 3.8) is 0 Å². The number of amides is 1. The Morgan fingerprint density at radius 3 is 2.35 bits per heavy atom. The zero-order chi connectivity index (χ0) is 18.2. The molecule has 3 heteroatoms. The largest absolute Gasteiger partial charge is 0.489 e. The van der Waals surface area contributed by atoms with Gasteiger partial charge in [0.25, 0.3) is 5.91 Å². The van der Waals surface area contributed by atoms with Crippen LogP contribution in [-0.2, 0) is 6.61 Å². The molecular formula is C23H23NO2. The highest BCUT2D eigenvalue weighted by Crippen LogP contribution is 2.16. The Labute approximate surface area is 154 Å². The van der Waals surface area contributed by atoms with Gasteiger partial charge in [-0.25, -0.2) is 0 Å². The van der Waals surface area contributed by atoms with E-state index in [0.717, 1.165) is 5.56 Å². The fourth-order valence-electron chi connectivity index (χ4n) is 2.72. The summed E-state index contributed by atoms with van der Waals surface area (Å²) in [6, 6.07) is 27.5. The molecule has 3 rings (SSSR count). The minimum absolute atomic E-state index is 0.0852. The summed E-state index contributed by atoms with van der Waals surface area (Å²) in [5.74, 6) is 0.869. The molecule has 0 aliphatic heterocycles. The molecule has 1 unspecified atom stereocenters. The van der Waals surface area contributed by atoms with Gasteiger partial charge in [-0.1, -0.05) is 73.7 Å². The number of carbonyl (C=O) groups is 1. The topological polar surface area (TPSA) is 38.3 Å². The zero-order valence-corrected chi connectivity index (χ0v) is 14.9. The molecule has 0 heterocycles. The number of hydrogen-bond acceptors (Lipinski definition) is 2. The van der Waals surface area contributed by atoms with Gasteiger partial charge in [0.15, 0.2) is 0 Å². The standard InChI is InChI=1S/C23H23NO2/c1-18(20-11-6-3-7-12-20)16-24-23(25)21-13-8-14-22(15-21)26-17-19-9-4-2-5-10-19/h2-15,18H,16-17H2,1H3,(H,24,25). The van der Waals surface area contributed by atoms with E-state index < -0.39 is 0 Å². The Kier molecular flexibility index (Phi) is 6.05. The van der Waals surface area contributed by atoms with Crippen molar-refractivity contribution in [3.8, 4) is 5.75 Å². The van der Waals surface area contributed by atoms with Crippen molar-refractivity contribution < 1.29 is 9.53 Å². The van der Waals surface area contributed by atoms with E-state index >= 15 is 0 Å². The first kappa shape index (κ1) is 17.7. The molecule has 1 N–H and O–H groups in total. The number of ether oxygens (including phenoxy) is 1. The maximum Gasteiger partial charge on any atom is 0.251 e. The molecule has 0 saturated carbocycles. The molecule has 0 saturated heterocycles. The molecule has 0 spiro atoms. The van der Waals surface area contributed by atoms with Crippen LogP contribution in [0.1, 0.15) is 34.3 Å². The second-order valence-corrected chi connectivity index (χ2v) is 6.32. The summed E-state index contributed by atoms with van der Waals surface area (Å²) >= 11 is 0. The number of nitrogens with one attached hydrogen (secondary N) is 1.